The van der Waals surface area contributed by atoms with Crippen LogP contribution >= 0.6 is 0 Å². The maximum atomic E-state index is 12.4. The van der Waals surface area contributed by atoms with E-state index in [2.05, 4.69) is 0 Å². The number of ketones is 3. The molecule has 120 valence electrons. The Kier molecular flexibility index (Phi) is 4.42. The van der Waals surface area contributed by atoms with Gasteiger partial charge in [0.05, 0.1) is 11.7 Å². The van der Waals surface area contributed by atoms with Crippen LogP contribution in [0.5, 0.6) is 0 Å². The highest BCUT2D eigenvalue weighted by molar-refractivity contribution is 6.08. The van der Waals surface area contributed by atoms with Crippen molar-refractivity contribution in [3.05, 3.63) is 47.2 Å². The van der Waals surface area contributed by atoms with Crippen molar-refractivity contribution >= 4 is 17.3 Å². The Hall–Kier alpha value is -2.23. The fourth-order valence-electron chi connectivity index (χ4n) is 3.68. The highest BCUT2D eigenvalue weighted by Gasteiger charge is 2.42. The second kappa shape index (κ2) is 6.49. The van der Waals surface area contributed by atoms with Crippen LogP contribution < -0.4 is 0 Å². The number of aliphatic hydroxyl groups is 1. The van der Waals surface area contributed by atoms with Gasteiger partial charge in [0.25, 0.3) is 0 Å². The average Bonchev–Trinajstić information content (AvgIpc) is 2.53. The van der Waals surface area contributed by atoms with Crippen LogP contribution in [0.4, 0.5) is 0 Å². The van der Waals surface area contributed by atoms with Gasteiger partial charge in [-0.2, -0.15) is 0 Å². The van der Waals surface area contributed by atoms with Crippen molar-refractivity contribution in [2.24, 2.45) is 5.92 Å². The molecule has 2 aliphatic carbocycles. The largest absolute Gasteiger partial charge is 0.512 e. The minimum Gasteiger partial charge on any atom is -0.512 e. The number of hydrogen-bond donors (Lipinski definition) is 1. The van der Waals surface area contributed by atoms with Crippen LogP contribution in [0, 0.1) is 5.92 Å². The zero-order chi connectivity index (χ0) is 16.4. The van der Waals surface area contributed by atoms with Crippen LogP contribution in [0.15, 0.2) is 41.7 Å². The molecule has 1 N–H and O–H groups in total. The molecule has 1 saturated carbocycles. The molecule has 0 aliphatic heterocycles. The van der Waals surface area contributed by atoms with E-state index in [1.54, 1.807) is 0 Å². The van der Waals surface area contributed by atoms with Crippen LogP contribution in [-0.4, -0.2) is 22.5 Å². The molecule has 0 amide bonds. The number of benzene rings is 1. The topological polar surface area (TPSA) is 71.4 Å². The quantitative estimate of drug-likeness (QED) is 0.870. The Morgan fingerprint density at radius 2 is 1.48 bits per heavy atom. The minimum absolute atomic E-state index is 0.0428. The highest BCUT2D eigenvalue weighted by atomic mass is 16.3. The van der Waals surface area contributed by atoms with E-state index in [1.165, 1.54) is 0 Å². The number of rotatable bonds is 3. The first-order valence-electron chi connectivity index (χ1n) is 8.15. The van der Waals surface area contributed by atoms with E-state index >= 15 is 0 Å². The Labute approximate surface area is 135 Å². The maximum absolute atomic E-state index is 12.4. The van der Waals surface area contributed by atoms with Crippen molar-refractivity contribution in [2.75, 3.05) is 0 Å². The van der Waals surface area contributed by atoms with Gasteiger partial charge in [0.15, 0.2) is 5.78 Å². The number of carbonyl (C=O) groups excluding carboxylic acids is 3. The zero-order valence-corrected chi connectivity index (χ0v) is 13.0. The standard InChI is InChI=1S/C19H20O4/c20-13-8-4-9-14(21)18(13)17(12-6-2-1-3-7-12)19-15(22)10-5-11-16(19)23/h1-3,6-7,17-18,22H,4-5,8-11H2/t17-/m1/s1. The van der Waals surface area contributed by atoms with E-state index < -0.39 is 11.8 Å². The molecule has 0 heterocycles. The second-order valence-electron chi connectivity index (χ2n) is 6.29. The summed E-state index contributed by atoms with van der Waals surface area (Å²) in [5, 5.41) is 10.3. The summed E-state index contributed by atoms with van der Waals surface area (Å²) in [6, 6.07) is 9.14. The van der Waals surface area contributed by atoms with Crippen LogP contribution in [0.2, 0.25) is 0 Å². The van der Waals surface area contributed by atoms with Crippen molar-refractivity contribution in [3.63, 3.8) is 0 Å². The lowest BCUT2D eigenvalue weighted by Crippen LogP contribution is -2.37. The molecule has 3 rings (SSSR count). The summed E-state index contributed by atoms with van der Waals surface area (Å²) >= 11 is 0. The molecule has 2 aliphatic rings. The van der Waals surface area contributed by atoms with Crippen molar-refractivity contribution in [3.8, 4) is 0 Å². The molecule has 0 unspecified atom stereocenters. The lowest BCUT2D eigenvalue weighted by atomic mass is 9.69. The molecule has 1 aromatic rings. The molecule has 0 radical (unpaired) electrons. The van der Waals surface area contributed by atoms with Gasteiger partial charge < -0.3 is 5.11 Å². The Bertz CT molecular complexity index is 656. The van der Waals surface area contributed by atoms with E-state index in [-0.39, 0.29) is 28.7 Å². The average molecular weight is 312 g/mol. The molecule has 23 heavy (non-hydrogen) atoms. The number of allylic oxidation sites excluding steroid dienone is 2. The van der Waals surface area contributed by atoms with Gasteiger partial charge >= 0.3 is 0 Å². The Balaban J connectivity index is 2.13. The van der Waals surface area contributed by atoms with Gasteiger partial charge in [0, 0.05) is 37.2 Å². The zero-order valence-electron chi connectivity index (χ0n) is 13.0. The first-order chi connectivity index (χ1) is 11.1. The fourth-order valence-corrected chi connectivity index (χ4v) is 3.68. The molecule has 0 saturated heterocycles. The van der Waals surface area contributed by atoms with Crippen LogP contribution in [-0.2, 0) is 14.4 Å². The Morgan fingerprint density at radius 1 is 0.870 bits per heavy atom. The third-order valence-electron chi connectivity index (χ3n) is 4.77. The molecule has 1 aromatic carbocycles. The van der Waals surface area contributed by atoms with Gasteiger partial charge in [-0.15, -0.1) is 0 Å². The van der Waals surface area contributed by atoms with E-state index in [9.17, 15) is 19.5 Å². The van der Waals surface area contributed by atoms with E-state index in [0.717, 1.165) is 5.56 Å². The van der Waals surface area contributed by atoms with Crippen LogP contribution in [0.1, 0.15) is 50.0 Å². The molecule has 4 nitrogen and oxygen atoms in total. The molecule has 0 aromatic heterocycles. The molecule has 1 atom stereocenters. The predicted octanol–water partition coefficient (Wildman–Crippen LogP) is 3.27. The minimum atomic E-state index is -0.842. The molecule has 0 spiro atoms. The third-order valence-corrected chi connectivity index (χ3v) is 4.77. The third kappa shape index (κ3) is 2.98. The second-order valence-corrected chi connectivity index (χ2v) is 6.29. The van der Waals surface area contributed by atoms with Gasteiger partial charge in [-0.05, 0) is 18.4 Å². The summed E-state index contributed by atoms with van der Waals surface area (Å²) in [6.45, 7) is 0. The summed E-state index contributed by atoms with van der Waals surface area (Å²) in [5.41, 5.74) is 1.02. The molecular weight excluding hydrogens is 292 g/mol. The molecule has 4 heteroatoms. The Morgan fingerprint density at radius 3 is 2.09 bits per heavy atom. The predicted molar refractivity (Wildman–Crippen MR) is 85.1 cm³/mol. The van der Waals surface area contributed by atoms with Gasteiger partial charge in [0.1, 0.15) is 11.6 Å². The van der Waals surface area contributed by atoms with Gasteiger partial charge in [-0.1, -0.05) is 30.3 Å². The summed E-state index contributed by atoms with van der Waals surface area (Å²) in [4.78, 5) is 37.3. The molecule has 1 fully saturated rings. The summed E-state index contributed by atoms with van der Waals surface area (Å²) in [5.74, 6) is -1.83. The smallest absolute Gasteiger partial charge is 0.162 e. The summed E-state index contributed by atoms with van der Waals surface area (Å²) in [7, 11) is 0. The normalized spacial score (nSPS) is 21.7. The number of Topliss-reactive ketones (excluding diaryl/α,β-unsaturated/α-hetero) is 3. The van der Waals surface area contributed by atoms with Crippen molar-refractivity contribution in [1.82, 2.24) is 0 Å². The molecule has 0 bridgehead atoms. The first kappa shape index (κ1) is 15.7. The number of aliphatic hydroxyl groups excluding tert-OH is 1. The van der Waals surface area contributed by atoms with Gasteiger partial charge in [-0.25, -0.2) is 0 Å². The van der Waals surface area contributed by atoms with E-state index in [1.807, 2.05) is 30.3 Å². The maximum Gasteiger partial charge on any atom is 0.162 e. The lowest BCUT2D eigenvalue weighted by Gasteiger charge is -2.31. The van der Waals surface area contributed by atoms with Crippen LogP contribution in [0.3, 0.4) is 0 Å². The number of carbonyl (C=O) groups is 3. The fraction of sp³-hybridized carbons (Fsp3) is 0.421. The lowest BCUT2D eigenvalue weighted by molar-refractivity contribution is -0.136. The summed E-state index contributed by atoms with van der Waals surface area (Å²) < 4.78 is 0. The van der Waals surface area contributed by atoms with Crippen molar-refractivity contribution in [2.45, 2.75) is 44.4 Å². The highest BCUT2D eigenvalue weighted by Crippen LogP contribution is 2.41. The monoisotopic (exact) mass is 312 g/mol. The van der Waals surface area contributed by atoms with E-state index in [0.29, 0.717) is 38.5 Å². The van der Waals surface area contributed by atoms with Crippen LogP contribution in [0.25, 0.3) is 0 Å². The molecular formula is C19H20O4. The van der Waals surface area contributed by atoms with Gasteiger partial charge in [0.2, 0.25) is 0 Å². The first-order valence-corrected chi connectivity index (χ1v) is 8.15. The van der Waals surface area contributed by atoms with E-state index in [4.69, 9.17) is 0 Å². The van der Waals surface area contributed by atoms with Gasteiger partial charge in [-0.3, -0.25) is 14.4 Å². The van der Waals surface area contributed by atoms with Crippen molar-refractivity contribution < 1.29 is 19.5 Å². The van der Waals surface area contributed by atoms with Crippen molar-refractivity contribution in [1.29, 1.82) is 0 Å². The number of hydrogen-bond acceptors (Lipinski definition) is 4. The summed E-state index contributed by atoms with van der Waals surface area (Å²) in [6.07, 6.45) is 2.71. The SMILES string of the molecule is O=C1CCCC(O)=C1[C@H](c1ccccc1)C1C(=O)CCCC1=O.